The Morgan fingerprint density at radius 3 is 2.63 bits per heavy atom. The highest BCUT2D eigenvalue weighted by molar-refractivity contribution is 5.78. The second kappa shape index (κ2) is 5.74. The van der Waals surface area contributed by atoms with Gasteiger partial charge in [0.1, 0.15) is 0 Å². The van der Waals surface area contributed by atoms with Gasteiger partial charge in [-0.25, -0.2) is 0 Å². The number of hydrogen-bond acceptors (Lipinski definition) is 2. The summed E-state index contributed by atoms with van der Waals surface area (Å²) in [6, 6.07) is 6.76. The molecular weight excluding hydrogens is 236 g/mol. The first-order valence-electron chi connectivity index (χ1n) is 7.03. The van der Waals surface area contributed by atoms with Gasteiger partial charge in [0.25, 0.3) is 0 Å². The largest absolute Gasteiger partial charge is 0.340 e. The van der Waals surface area contributed by atoms with Crippen molar-refractivity contribution in [1.82, 2.24) is 10.2 Å². The van der Waals surface area contributed by atoms with Crippen molar-refractivity contribution in [3.8, 4) is 0 Å². The maximum Gasteiger partial charge on any atom is 0.222 e. The summed E-state index contributed by atoms with van der Waals surface area (Å²) in [6.45, 7) is 8.06. The Balaban J connectivity index is 2.11. The predicted molar refractivity (Wildman–Crippen MR) is 78.1 cm³/mol. The molecule has 1 N–H and O–H groups in total. The lowest BCUT2D eigenvalue weighted by atomic mass is 10.0. The van der Waals surface area contributed by atoms with E-state index < -0.39 is 0 Å². The Bertz CT molecular complexity index is 470. The molecule has 0 aliphatic carbocycles. The molecule has 2 unspecified atom stereocenters. The summed E-state index contributed by atoms with van der Waals surface area (Å²) in [6.07, 6.45) is 0.698. The average molecular weight is 260 g/mol. The van der Waals surface area contributed by atoms with Crippen molar-refractivity contribution in [2.75, 3.05) is 20.1 Å². The molecule has 3 heteroatoms. The number of likely N-dealkylation sites (N-methyl/N-ethyl adjacent to an activating group) is 1. The van der Waals surface area contributed by atoms with E-state index in [-0.39, 0.29) is 11.9 Å². The van der Waals surface area contributed by atoms with Crippen LogP contribution in [0.4, 0.5) is 0 Å². The van der Waals surface area contributed by atoms with Gasteiger partial charge in [0.15, 0.2) is 0 Å². The summed E-state index contributed by atoms with van der Waals surface area (Å²) >= 11 is 0. The minimum Gasteiger partial charge on any atom is -0.340 e. The summed E-state index contributed by atoms with van der Waals surface area (Å²) in [4.78, 5) is 13.9. The second-order valence-corrected chi connectivity index (χ2v) is 5.79. The van der Waals surface area contributed by atoms with E-state index in [4.69, 9.17) is 0 Å². The molecule has 1 heterocycles. The number of carbonyl (C=O) groups is 1. The zero-order valence-electron chi connectivity index (χ0n) is 12.4. The molecule has 2 atom stereocenters. The molecule has 104 valence electrons. The number of benzene rings is 1. The van der Waals surface area contributed by atoms with Gasteiger partial charge < -0.3 is 10.2 Å². The number of aryl methyl sites for hydroxylation is 2. The second-order valence-electron chi connectivity index (χ2n) is 5.79. The lowest BCUT2D eigenvalue weighted by Gasteiger charge is -2.24. The van der Waals surface area contributed by atoms with Crippen LogP contribution in [-0.4, -0.2) is 30.9 Å². The summed E-state index contributed by atoms with van der Waals surface area (Å²) < 4.78 is 0. The quantitative estimate of drug-likeness (QED) is 0.902. The van der Waals surface area contributed by atoms with E-state index in [1.54, 1.807) is 0 Å². The van der Waals surface area contributed by atoms with Crippen molar-refractivity contribution in [2.45, 2.75) is 33.2 Å². The van der Waals surface area contributed by atoms with Crippen LogP contribution in [0, 0.1) is 19.8 Å². The van der Waals surface area contributed by atoms with Crippen LogP contribution >= 0.6 is 0 Å². The van der Waals surface area contributed by atoms with E-state index in [0.717, 1.165) is 13.1 Å². The number of nitrogens with zero attached hydrogens (tertiary/aromatic N) is 1. The van der Waals surface area contributed by atoms with Crippen molar-refractivity contribution >= 4 is 5.91 Å². The molecule has 2 rings (SSSR count). The Kier molecular flexibility index (Phi) is 4.25. The van der Waals surface area contributed by atoms with Crippen molar-refractivity contribution in [3.05, 3.63) is 34.9 Å². The van der Waals surface area contributed by atoms with Crippen LogP contribution in [0.5, 0.6) is 0 Å². The topological polar surface area (TPSA) is 32.3 Å². The van der Waals surface area contributed by atoms with E-state index in [9.17, 15) is 4.79 Å². The first kappa shape index (κ1) is 14.1. The van der Waals surface area contributed by atoms with Crippen LogP contribution in [0.15, 0.2) is 18.2 Å². The van der Waals surface area contributed by atoms with Crippen LogP contribution in [0.1, 0.15) is 36.1 Å². The summed E-state index contributed by atoms with van der Waals surface area (Å²) in [5.74, 6) is 0.779. The van der Waals surface area contributed by atoms with Gasteiger partial charge in [-0.3, -0.25) is 4.79 Å². The normalized spacial score (nSPS) is 20.9. The highest BCUT2D eigenvalue weighted by Crippen LogP contribution is 2.22. The highest BCUT2D eigenvalue weighted by Gasteiger charge is 2.28. The third-order valence-corrected chi connectivity index (χ3v) is 4.09. The molecule has 1 fully saturated rings. The Hall–Kier alpha value is -1.35. The number of rotatable bonds is 4. The molecule has 1 aromatic carbocycles. The van der Waals surface area contributed by atoms with Crippen LogP contribution in [0.2, 0.25) is 0 Å². The molecule has 0 radical (unpaired) electrons. The standard InChI is InChI=1S/C16H24N2O/c1-11-7-16(19)18(9-11)10-15(17-4)14-6-5-12(2)13(3)8-14/h5-6,8,11,15,17H,7,9-10H2,1-4H3. The molecule has 19 heavy (non-hydrogen) atoms. The fourth-order valence-electron chi connectivity index (χ4n) is 2.71. The van der Waals surface area contributed by atoms with Crippen molar-refractivity contribution in [1.29, 1.82) is 0 Å². The zero-order valence-corrected chi connectivity index (χ0v) is 12.4. The van der Waals surface area contributed by atoms with E-state index >= 15 is 0 Å². The van der Waals surface area contributed by atoms with Gasteiger partial charge in [0.05, 0.1) is 0 Å². The zero-order chi connectivity index (χ0) is 14.0. The molecule has 1 saturated heterocycles. The lowest BCUT2D eigenvalue weighted by Crippen LogP contribution is -2.34. The monoisotopic (exact) mass is 260 g/mol. The van der Waals surface area contributed by atoms with E-state index in [1.807, 2.05) is 11.9 Å². The van der Waals surface area contributed by atoms with Crippen molar-refractivity contribution in [2.24, 2.45) is 5.92 Å². The number of hydrogen-bond donors (Lipinski definition) is 1. The molecule has 0 saturated carbocycles. The Morgan fingerprint density at radius 2 is 2.11 bits per heavy atom. The van der Waals surface area contributed by atoms with E-state index in [0.29, 0.717) is 12.3 Å². The predicted octanol–water partition coefficient (Wildman–Crippen LogP) is 2.43. The fourth-order valence-corrected chi connectivity index (χ4v) is 2.71. The van der Waals surface area contributed by atoms with Gasteiger partial charge in [0, 0.05) is 25.6 Å². The van der Waals surface area contributed by atoms with E-state index in [1.165, 1.54) is 16.7 Å². The van der Waals surface area contributed by atoms with Gasteiger partial charge >= 0.3 is 0 Å². The molecule has 1 amide bonds. The van der Waals surface area contributed by atoms with Crippen LogP contribution in [0.25, 0.3) is 0 Å². The highest BCUT2D eigenvalue weighted by atomic mass is 16.2. The average Bonchev–Trinajstić information content (AvgIpc) is 2.68. The van der Waals surface area contributed by atoms with Crippen LogP contribution in [-0.2, 0) is 4.79 Å². The molecule has 1 aliphatic rings. The van der Waals surface area contributed by atoms with Crippen molar-refractivity contribution < 1.29 is 4.79 Å². The van der Waals surface area contributed by atoms with Crippen LogP contribution < -0.4 is 5.32 Å². The number of likely N-dealkylation sites (tertiary alicyclic amines) is 1. The summed E-state index contributed by atoms with van der Waals surface area (Å²) in [5.41, 5.74) is 3.88. The maximum absolute atomic E-state index is 11.9. The fraction of sp³-hybridized carbons (Fsp3) is 0.562. The lowest BCUT2D eigenvalue weighted by molar-refractivity contribution is -0.128. The third-order valence-electron chi connectivity index (χ3n) is 4.09. The summed E-state index contributed by atoms with van der Waals surface area (Å²) in [5, 5.41) is 3.33. The van der Waals surface area contributed by atoms with Gasteiger partial charge in [-0.2, -0.15) is 0 Å². The molecule has 0 bridgehead atoms. The molecular formula is C16H24N2O. The molecule has 0 spiro atoms. The number of amides is 1. The van der Waals surface area contributed by atoms with Crippen LogP contribution in [0.3, 0.4) is 0 Å². The molecule has 1 aromatic rings. The van der Waals surface area contributed by atoms with Gasteiger partial charge in [-0.15, -0.1) is 0 Å². The molecule has 0 aromatic heterocycles. The van der Waals surface area contributed by atoms with E-state index in [2.05, 4.69) is 44.3 Å². The molecule has 1 aliphatic heterocycles. The molecule has 3 nitrogen and oxygen atoms in total. The number of nitrogens with one attached hydrogen (secondary N) is 1. The van der Waals surface area contributed by atoms with Gasteiger partial charge in [-0.1, -0.05) is 25.1 Å². The minimum atomic E-state index is 0.216. The maximum atomic E-state index is 11.9. The number of carbonyl (C=O) groups excluding carboxylic acids is 1. The first-order chi connectivity index (χ1) is 9.01. The SMILES string of the molecule is CNC(CN1CC(C)CC1=O)c1ccc(C)c(C)c1. The smallest absolute Gasteiger partial charge is 0.222 e. The first-order valence-corrected chi connectivity index (χ1v) is 7.03. The van der Waals surface area contributed by atoms with Gasteiger partial charge in [0.2, 0.25) is 5.91 Å². The summed E-state index contributed by atoms with van der Waals surface area (Å²) in [7, 11) is 1.96. The minimum absolute atomic E-state index is 0.216. The van der Waals surface area contributed by atoms with Gasteiger partial charge in [-0.05, 0) is 43.5 Å². The van der Waals surface area contributed by atoms with Crippen molar-refractivity contribution in [3.63, 3.8) is 0 Å². The Morgan fingerprint density at radius 1 is 1.37 bits per heavy atom. The third kappa shape index (κ3) is 3.16. The Labute approximate surface area is 116 Å².